The van der Waals surface area contributed by atoms with Gasteiger partial charge in [0.2, 0.25) is 17.7 Å². The number of carbonyl (C=O) groups excluding carboxylic acids is 4. The fourth-order valence-electron chi connectivity index (χ4n) is 5.31. The van der Waals surface area contributed by atoms with Crippen molar-refractivity contribution in [1.82, 2.24) is 4.57 Å². The van der Waals surface area contributed by atoms with Crippen LogP contribution in [0.1, 0.15) is 39.4 Å². The average Bonchev–Trinajstić information content (AvgIpc) is 3.66. The van der Waals surface area contributed by atoms with Gasteiger partial charge in [0, 0.05) is 5.69 Å². The number of anilines is 2. The second kappa shape index (κ2) is 11.1. The lowest BCUT2D eigenvalue weighted by atomic mass is 9.87. The van der Waals surface area contributed by atoms with E-state index < -0.39 is 40.8 Å². The smallest absolute Gasteiger partial charge is 0.338 e. The van der Waals surface area contributed by atoms with Crippen molar-refractivity contribution in [3.63, 3.8) is 0 Å². The number of thiazole rings is 1. The molecule has 12 heteroatoms. The number of amides is 3. The number of hydrogen-bond acceptors (Lipinski definition) is 9. The third-order valence-electron chi connectivity index (χ3n) is 7.14. The van der Waals surface area contributed by atoms with Crippen molar-refractivity contribution in [2.24, 2.45) is 5.92 Å². The molecule has 2 unspecified atom stereocenters. The summed E-state index contributed by atoms with van der Waals surface area (Å²) in [6, 6.07) is 16.8. The molecular formula is C30H25N3O7S2. The summed E-state index contributed by atoms with van der Waals surface area (Å²) < 4.78 is 12.1. The van der Waals surface area contributed by atoms with Crippen molar-refractivity contribution < 1.29 is 28.3 Å². The number of esters is 1. The quantitative estimate of drug-likeness (QED) is 0.243. The van der Waals surface area contributed by atoms with Crippen LogP contribution in [0.15, 0.2) is 81.2 Å². The molecular weight excluding hydrogens is 578 g/mol. The second-order valence-corrected chi connectivity index (χ2v) is 12.0. The van der Waals surface area contributed by atoms with Gasteiger partial charge in [0.15, 0.2) is 0 Å². The molecule has 3 atom stereocenters. The molecule has 0 bridgehead atoms. The minimum absolute atomic E-state index is 0.223. The Morgan fingerprint density at radius 1 is 1.02 bits per heavy atom. The van der Waals surface area contributed by atoms with E-state index in [1.54, 1.807) is 25.1 Å². The highest BCUT2D eigenvalue weighted by atomic mass is 32.2. The number of benzene rings is 2. The van der Waals surface area contributed by atoms with Gasteiger partial charge in [0.1, 0.15) is 17.6 Å². The lowest BCUT2D eigenvalue weighted by molar-refractivity contribution is -0.122. The summed E-state index contributed by atoms with van der Waals surface area (Å²) in [5, 5.41) is 2.43. The SMILES string of the molecule is CCOC(=O)c1ccc(N2C(=O)C3Sc4c(sc(=O)n4CC(=O)Nc4cccc(C)c4)[C@H](c4ccco4)C3C2=O)cc1. The maximum absolute atomic E-state index is 13.9. The maximum Gasteiger partial charge on any atom is 0.338 e. The van der Waals surface area contributed by atoms with Gasteiger partial charge in [-0.3, -0.25) is 23.7 Å². The number of rotatable bonds is 7. The minimum Gasteiger partial charge on any atom is -0.469 e. The van der Waals surface area contributed by atoms with Gasteiger partial charge in [0.05, 0.1) is 45.9 Å². The molecule has 42 heavy (non-hydrogen) atoms. The minimum atomic E-state index is -0.857. The predicted molar refractivity (Wildman–Crippen MR) is 157 cm³/mol. The molecule has 2 aliphatic heterocycles. The number of thioether (sulfide) groups is 1. The number of ether oxygens (including phenoxy) is 1. The molecule has 4 heterocycles. The monoisotopic (exact) mass is 603 g/mol. The largest absolute Gasteiger partial charge is 0.469 e. The Labute approximate surface area is 248 Å². The van der Waals surface area contributed by atoms with Gasteiger partial charge >= 0.3 is 10.8 Å². The first-order valence-electron chi connectivity index (χ1n) is 13.2. The van der Waals surface area contributed by atoms with E-state index in [2.05, 4.69) is 5.32 Å². The van der Waals surface area contributed by atoms with Crippen molar-refractivity contribution >= 4 is 58.2 Å². The van der Waals surface area contributed by atoms with E-state index in [1.807, 2.05) is 25.1 Å². The second-order valence-electron chi connectivity index (χ2n) is 9.88. The van der Waals surface area contributed by atoms with Crippen LogP contribution in [0.5, 0.6) is 0 Å². The molecule has 0 radical (unpaired) electrons. The van der Waals surface area contributed by atoms with Crippen molar-refractivity contribution in [3.05, 3.63) is 98.4 Å². The fourth-order valence-corrected chi connectivity index (χ4v) is 8.07. The van der Waals surface area contributed by atoms with Gasteiger partial charge in [-0.1, -0.05) is 35.2 Å². The number of furan rings is 1. The first-order valence-corrected chi connectivity index (χ1v) is 14.9. The van der Waals surface area contributed by atoms with Crippen LogP contribution in [0.2, 0.25) is 0 Å². The highest BCUT2D eigenvalue weighted by molar-refractivity contribution is 8.00. The number of imide groups is 1. The topological polar surface area (TPSA) is 128 Å². The molecule has 6 rings (SSSR count). The molecule has 1 N–H and O–H groups in total. The number of hydrogen-bond donors (Lipinski definition) is 1. The molecule has 4 aromatic rings. The molecule has 0 aliphatic carbocycles. The van der Waals surface area contributed by atoms with E-state index >= 15 is 0 Å². The zero-order valence-corrected chi connectivity index (χ0v) is 24.2. The van der Waals surface area contributed by atoms with Crippen LogP contribution >= 0.6 is 23.1 Å². The molecule has 2 aromatic carbocycles. The lowest BCUT2D eigenvalue weighted by Gasteiger charge is -2.29. The predicted octanol–water partition coefficient (Wildman–Crippen LogP) is 4.42. The van der Waals surface area contributed by atoms with Gasteiger partial charge < -0.3 is 14.5 Å². The van der Waals surface area contributed by atoms with E-state index in [-0.39, 0.29) is 18.0 Å². The molecule has 2 aliphatic rings. The van der Waals surface area contributed by atoms with Crippen LogP contribution in [0, 0.1) is 12.8 Å². The van der Waals surface area contributed by atoms with Crippen LogP contribution in [0.25, 0.3) is 0 Å². The van der Waals surface area contributed by atoms with Gasteiger partial charge in [0.25, 0.3) is 0 Å². The summed E-state index contributed by atoms with van der Waals surface area (Å²) in [4.78, 5) is 67.3. The Kier molecular flexibility index (Phi) is 7.33. The summed E-state index contributed by atoms with van der Waals surface area (Å²) >= 11 is 2.06. The van der Waals surface area contributed by atoms with Crippen molar-refractivity contribution in [1.29, 1.82) is 0 Å². The van der Waals surface area contributed by atoms with Crippen molar-refractivity contribution in [2.75, 3.05) is 16.8 Å². The highest BCUT2D eigenvalue weighted by Gasteiger charge is 2.57. The molecule has 214 valence electrons. The first kappa shape index (κ1) is 27.7. The number of aromatic nitrogens is 1. The van der Waals surface area contributed by atoms with E-state index in [0.717, 1.165) is 33.6 Å². The summed E-state index contributed by atoms with van der Waals surface area (Å²) in [5.74, 6) is -2.85. The Hall–Kier alpha value is -4.42. The molecule has 2 aromatic heterocycles. The molecule has 3 amide bonds. The van der Waals surface area contributed by atoms with Crippen LogP contribution in [0.3, 0.4) is 0 Å². The highest BCUT2D eigenvalue weighted by Crippen LogP contribution is 2.53. The van der Waals surface area contributed by atoms with Crippen molar-refractivity contribution in [2.45, 2.75) is 36.6 Å². The molecule has 10 nitrogen and oxygen atoms in total. The zero-order chi connectivity index (χ0) is 29.5. The number of fused-ring (bicyclic) bond motifs is 2. The van der Waals surface area contributed by atoms with Crippen molar-refractivity contribution in [3.8, 4) is 0 Å². The van der Waals surface area contributed by atoms with Crippen LogP contribution in [-0.4, -0.2) is 40.1 Å². The van der Waals surface area contributed by atoms with E-state index in [9.17, 15) is 24.0 Å². The number of nitrogens with one attached hydrogen (secondary N) is 1. The normalized spacial score (nSPS) is 19.4. The maximum atomic E-state index is 13.9. The van der Waals surface area contributed by atoms with Gasteiger partial charge in [-0.15, -0.1) is 0 Å². The van der Waals surface area contributed by atoms with E-state index in [0.29, 0.717) is 32.6 Å². The summed E-state index contributed by atoms with van der Waals surface area (Å²) in [6.07, 6.45) is 1.48. The Balaban J connectivity index is 1.34. The third-order valence-corrected chi connectivity index (χ3v) is 9.74. The molecule has 1 fully saturated rings. The average molecular weight is 604 g/mol. The van der Waals surface area contributed by atoms with Gasteiger partial charge in [-0.05, 0) is 67.9 Å². The Bertz CT molecular complexity index is 1760. The molecule has 1 saturated heterocycles. The summed E-state index contributed by atoms with van der Waals surface area (Å²) in [6.45, 7) is 3.59. The lowest BCUT2D eigenvalue weighted by Crippen LogP contribution is -2.32. The first-order chi connectivity index (χ1) is 20.3. The Morgan fingerprint density at radius 3 is 2.50 bits per heavy atom. The van der Waals surface area contributed by atoms with Crippen LogP contribution in [0.4, 0.5) is 11.4 Å². The fraction of sp³-hybridized carbons (Fsp3) is 0.233. The van der Waals surface area contributed by atoms with E-state index in [1.165, 1.54) is 35.1 Å². The standard InChI is InChI=1S/C30H25N3O7S2/c1-3-39-29(37)17-9-11-19(12-10-17)33-26(35)23-22(20-8-5-13-40-20)25-28(41-24(23)27(33)36)32(30(38)42-25)15-21(34)31-18-7-4-6-16(2)14-18/h4-14,22-24H,3,15H2,1-2H3,(H,31,34)/t22-,23?,24?/m1/s1. The van der Waals surface area contributed by atoms with E-state index in [4.69, 9.17) is 9.15 Å². The number of nitrogens with zero attached hydrogens (tertiary/aromatic N) is 2. The number of carbonyl (C=O) groups is 4. The molecule has 0 saturated carbocycles. The zero-order valence-electron chi connectivity index (χ0n) is 22.6. The Morgan fingerprint density at radius 2 is 1.81 bits per heavy atom. The van der Waals surface area contributed by atoms with Crippen LogP contribution in [-0.2, 0) is 25.7 Å². The molecule has 0 spiro atoms. The van der Waals surface area contributed by atoms with Crippen LogP contribution < -0.4 is 15.1 Å². The van der Waals surface area contributed by atoms with Gasteiger partial charge in [-0.25, -0.2) is 9.69 Å². The summed E-state index contributed by atoms with van der Waals surface area (Å²) in [7, 11) is 0. The summed E-state index contributed by atoms with van der Waals surface area (Å²) in [5.41, 5.74) is 2.21. The third kappa shape index (κ3) is 4.86. The number of aryl methyl sites for hydroxylation is 1. The van der Waals surface area contributed by atoms with Gasteiger partial charge in [-0.2, -0.15) is 0 Å².